The molecule has 0 spiro atoms. The highest BCUT2D eigenvalue weighted by Gasteiger charge is 2.33. The third-order valence-electron chi connectivity index (χ3n) is 6.31. The van der Waals surface area contributed by atoms with Crippen LogP contribution >= 0.6 is 11.6 Å². The summed E-state index contributed by atoms with van der Waals surface area (Å²) in [5, 5.41) is 2.77. The van der Waals surface area contributed by atoms with Crippen LogP contribution in [-0.4, -0.2) is 74.1 Å². The Morgan fingerprint density at radius 2 is 1.69 bits per heavy atom. The van der Waals surface area contributed by atoms with Gasteiger partial charge in [0.1, 0.15) is 11.4 Å². The summed E-state index contributed by atoms with van der Waals surface area (Å²) < 4.78 is 73.8. The molecule has 0 unspecified atom stereocenters. The minimum atomic E-state index is -5.02. The number of halogens is 4. The first-order valence-corrected chi connectivity index (χ1v) is 15.1. The first kappa shape index (κ1) is 33.3. The number of nitrogen functional groups attached to an aromatic ring is 1. The van der Waals surface area contributed by atoms with Crippen LogP contribution in [0.25, 0.3) is 0 Å². The van der Waals surface area contributed by atoms with Gasteiger partial charge in [0.25, 0.3) is 5.91 Å². The van der Waals surface area contributed by atoms with Crippen molar-refractivity contribution in [2.24, 2.45) is 0 Å². The summed E-state index contributed by atoms with van der Waals surface area (Å²) >= 11 is 6.03. The molecule has 2 amide bonds. The van der Waals surface area contributed by atoms with Crippen LogP contribution in [0.15, 0.2) is 35.2 Å². The predicted molar refractivity (Wildman–Crippen MR) is 151 cm³/mol. The fourth-order valence-electron chi connectivity index (χ4n) is 4.27. The van der Waals surface area contributed by atoms with E-state index in [4.69, 9.17) is 22.1 Å². The minimum absolute atomic E-state index is 0.0250. The van der Waals surface area contributed by atoms with Crippen LogP contribution in [0, 0.1) is 0 Å². The fraction of sp³-hybridized carbons (Fsp3) is 0.481. The van der Waals surface area contributed by atoms with Crippen molar-refractivity contribution < 1.29 is 40.7 Å². The summed E-state index contributed by atoms with van der Waals surface area (Å²) in [6, 6.07) is 6.12. The summed E-state index contributed by atoms with van der Waals surface area (Å²) in [5.41, 5.74) is 5.69. The lowest BCUT2D eigenvalue weighted by molar-refractivity contribution is -0.274. The van der Waals surface area contributed by atoms with Crippen LogP contribution < -0.4 is 15.8 Å². The number of carbonyl (C=O) groups is 2. The number of nitrogens with one attached hydrogen (secondary N) is 1. The molecule has 0 saturated carbocycles. The molecule has 15 heteroatoms. The molecule has 0 radical (unpaired) electrons. The third-order valence-corrected chi connectivity index (χ3v) is 8.38. The van der Waals surface area contributed by atoms with Gasteiger partial charge in [-0.3, -0.25) is 9.69 Å². The van der Waals surface area contributed by atoms with E-state index in [1.165, 1.54) is 30.0 Å². The first-order chi connectivity index (χ1) is 19.4. The molecule has 1 fully saturated rings. The van der Waals surface area contributed by atoms with Gasteiger partial charge in [0.2, 0.25) is 0 Å². The topological polar surface area (TPSA) is 131 Å². The molecule has 0 aromatic heterocycles. The van der Waals surface area contributed by atoms with E-state index < -0.39 is 39.6 Å². The van der Waals surface area contributed by atoms with Gasteiger partial charge < -0.3 is 25.4 Å². The molecule has 0 aliphatic carbocycles. The maximum Gasteiger partial charge on any atom is 0.573 e. The molecule has 1 aliphatic heterocycles. The Bertz CT molecular complexity index is 1420. The zero-order valence-corrected chi connectivity index (χ0v) is 25.3. The number of hydrogen-bond acceptors (Lipinski definition) is 8. The van der Waals surface area contributed by atoms with Crippen molar-refractivity contribution in [3.63, 3.8) is 0 Å². The van der Waals surface area contributed by atoms with Gasteiger partial charge in [-0.25, -0.2) is 13.2 Å². The Kier molecular flexibility index (Phi) is 10.3. The van der Waals surface area contributed by atoms with E-state index in [0.717, 1.165) is 12.1 Å². The van der Waals surface area contributed by atoms with Crippen molar-refractivity contribution in [1.82, 2.24) is 15.1 Å². The monoisotopic (exact) mass is 634 g/mol. The summed E-state index contributed by atoms with van der Waals surface area (Å²) in [6.45, 7) is 7.96. The van der Waals surface area contributed by atoms with Gasteiger partial charge in [-0.15, -0.1) is 13.2 Å². The number of alkyl halides is 3. The molecule has 0 atom stereocenters. The molecular weight excluding hydrogens is 601 g/mol. The van der Waals surface area contributed by atoms with E-state index in [0.29, 0.717) is 26.2 Å². The van der Waals surface area contributed by atoms with E-state index in [2.05, 4.69) is 10.1 Å². The molecule has 1 aliphatic rings. The molecule has 42 heavy (non-hydrogen) atoms. The Morgan fingerprint density at radius 3 is 2.26 bits per heavy atom. The number of benzene rings is 2. The Hall–Kier alpha value is -3.23. The number of anilines is 1. The van der Waals surface area contributed by atoms with Crippen molar-refractivity contribution >= 4 is 39.1 Å². The van der Waals surface area contributed by atoms with Crippen molar-refractivity contribution in [2.75, 3.05) is 37.7 Å². The van der Waals surface area contributed by atoms with Gasteiger partial charge in [0, 0.05) is 50.0 Å². The van der Waals surface area contributed by atoms with Crippen molar-refractivity contribution in [2.45, 2.75) is 57.6 Å². The van der Waals surface area contributed by atoms with E-state index in [1.807, 2.05) is 4.90 Å². The molecule has 3 rings (SSSR count). The fourth-order valence-corrected chi connectivity index (χ4v) is 5.58. The van der Waals surface area contributed by atoms with Gasteiger partial charge in [0.05, 0.1) is 16.2 Å². The van der Waals surface area contributed by atoms with Crippen LogP contribution in [0.1, 0.15) is 49.2 Å². The minimum Gasteiger partial charge on any atom is -0.444 e. The number of ether oxygens (including phenoxy) is 2. The lowest BCUT2D eigenvalue weighted by Crippen LogP contribution is -2.49. The summed E-state index contributed by atoms with van der Waals surface area (Å²) in [4.78, 5) is 28.9. The molecule has 10 nitrogen and oxygen atoms in total. The van der Waals surface area contributed by atoms with Crippen LogP contribution in [0.3, 0.4) is 0 Å². The van der Waals surface area contributed by atoms with Gasteiger partial charge >= 0.3 is 12.5 Å². The van der Waals surface area contributed by atoms with Gasteiger partial charge in [-0.05, 0) is 62.2 Å². The highest BCUT2D eigenvalue weighted by molar-refractivity contribution is 7.91. The molecular formula is C27H34ClF3N4O6S. The number of sulfone groups is 1. The van der Waals surface area contributed by atoms with Crippen LogP contribution in [0.4, 0.5) is 23.7 Å². The second-order valence-electron chi connectivity index (χ2n) is 10.7. The largest absolute Gasteiger partial charge is 0.573 e. The van der Waals surface area contributed by atoms with E-state index >= 15 is 0 Å². The number of carbonyl (C=O) groups excluding carboxylic acids is 2. The molecule has 1 saturated heterocycles. The van der Waals surface area contributed by atoms with Crippen LogP contribution in [0.5, 0.6) is 5.75 Å². The summed E-state index contributed by atoms with van der Waals surface area (Å²) in [6.07, 6.45) is -5.49. The van der Waals surface area contributed by atoms with Crippen molar-refractivity contribution in [3.8, 4) is 5.75 Å². The molecule has 2 aromatic rings. The molecule has 232 valence electrons. The summed E-state index contributed by atoms with van der Waals surface area (Å²) in [5.74, 6) is -1.66. The number of piperazine rings is 1. The van der Waals surface area contributed by atoms with E-state index in [1.54, 1.807) is 20.8 Å². The van der Waals surface area contributed by atoms with E-state index in [9.17, 15) is 31.2 Å². The highest BCUT2D eigenvalue weighted by Crippen LogP contribution is 2.31. The van der Waals surface area contributed by atoms with Crippen molar-refractivity contribution in [1.29, 1.82) is 0 Å². The number of rotatable bonds is 8. The lowest BCUT2D eigenvalue weighted by atomic mass is 10.0. The SMILES string of the molecule is CCS(=O)(=O)c1ccc(Cl)cc1CNC(=O)c1cc(OC(F)(F)F)cc(CN2CCN(C(=O)OC(C)(C)C)CC2)c1N. The quantitative estimate of drug-likeness (QED) is 0.403. The van der Waals surface area contributed by atoms with Gasteiger partial charge in [-0.1, -0.05) is 18.5 Å². The smallest absolute Gasteiger partial charge is 0.444 e. The van der Waals surface area contributed by atoms with Crippen molar-refractivity contribution in [3.05, 3.63) is 52.0 Å². The third kappa shape index (κ3) is 9.13. The average Bonchev–Trinajstić information content (AvgIpc) is 2.87. The summed E-state index contributed by atoms with van der Waals surface area (Å²) in [7, 11) is -3.65. The maximum absolute atomic E-state index is 13.2. The van der Waals surface area contributed by atoms with Gasteiger partial charge in [-0.2, -0.15) is 0 Å². The number of nitrogens with two attached hydrogens (primary N) is 1. The van der Waals surface area contributed by atoms with E-state index in [-0.39, 0.29) is 51.1 Å². The molecule has 2 aromatic carbocycles. The highest BCUT2D eigenvalue weighted by atomic mass is 35.5. The van der Waals surface area contributed by atoms with Crippen LogP contribution in [-0.2, 0) is 27.7 Å². The molecule has 0 bridgehead atoms. The average molecular weight is 635 g/mol. The normalized spacial score (nSPS) is 14.9. The Balaban J connectivity index is 1.82. The lowest BCUT2D eigenvalue weighted by Gasteiger charge is -2.35. The first-order valence-electron chi connectivity index (χ1n) is 13.1. The zero-order chi connectivity index (χ0) is 31.5. The second kappa shape index (κ2) is 13.0. The maximum atomic E-state index is 13.2. The molecule has 1 heterocycles. The number of amides is 2. The number of nitrogens with zero attached hydrogens (tertiary/aromatic N) is 2. The number of hydrogen-bond donors (Lipinski definition) is 2. The zero-order valence-electron chi connectivity index (χ0n) is 23.7. The van der Waals surface area contributed by atoms with Gasteiger partial charge in [0.15, 0.2) is 9.84 Å². The predicted octanol–water partition coefficient (Wildman–Crippen LogP) is 4.60. The van der Waals surface area contributed by atoms with Crippen LogP contribution in [0.2, 0.25) is 5.02 Å². The Morgan fingerprint density at radius 1 is 1.05 bits per heavy atom. The second-order valence-corrected chi connectivity index (χ2v) is 13.4. The Labute approximate surface area is 247 Å². The standard InChI is InChI=1S/C27H34ClF3N4O6S/c1-5-42(38,39)22-7-6-19(28)12-17(22)15-33-24(36)21-14-20(40-27(29,30)31)13-18(23(21)32)16-34-8-10-35(11-9-34)25(37)41-26(2,3)4/h6-7,12-14H,5,8-11,15-16,32H2,1-4H3,(H,33,36). The molecule has 3 N–H and O–H groups in total.